The first-order valence-electron chi connectivity index (χ1n) is 13.7. The lowest BCUT2D eigenvalue weighted by molar-refractivity contribution is -0.0298. The molecule has 7 rings (SSSR count). The van der Waals surface area contributed by atoms with Crippen LogP contribution in [-0.2, 0) is 9.47 Å². The lowest BCUT2D eigenvalue weighted by Crippen LogP contribution is -2.25. The van der Waals surface area contributed by atoms with E-state index >= 15 is 0 Å². The largest absolute Gasteiger partial charge is 0.499 e. The average Bonchev–Trinajstić information content (AvgIpc) is 3.66. The van der Waals surface area contributed by atoms with Crippen molar-refractivity contribution in [1.82, 2.24) is 24.5 Å². The predicted octanol–water partition coefficient (Wildman–Crippen LogP) is 6.59. The van der Waals surface area contributed by atoms with Crippen molar-refractivity contribution in [3.63, 3.8) is 0 Å². The van der Waals surface area contributed by atoms with E-state index in [0.717, 1.165) is 72.1 Å². The third kappa shape index (κ3) is 4.42. The Hall–Kier alpha value is -4.50. The topological polar surface area (TPSA) is 99.0 Å². The van der Waals surface area contributed by atoms with Crippen LogP contribution in [0.15, 0.2) is 79.5 Å². The molecule has 9 heteroatoms. The van der Waals surface area contributed by atoms with E-state index in [2.05, 4.69) is 40.4 Å². The molecule has 0 amide bonds. The van der Waals surface area contributed by atoms with Crippen molar-refractivity contribution < 1.29 is 9.47 Å². The van der Waals surface area contributed by atoms with Crippen molar-refractivity contribution in [1.29, 1.82) is 0 Å². The van der Waals surface area contributed by atoms with Gasteiger partial charge < -0.3 is 20.1 Å². The fourth-order valence-corrected chi connectivity index (χ4v) is 5.46. The highest BCUT2D eigenvalue weighted by Gasteiger charge is 2.47. The van der Waals surface area contributed by atoms with Gasteiger partial charge in [-0.25, -0.2) is 4.98 Å². The first-order valence-corrected chi connectivity index (χ1v) is 13.7. The molecule has 1 atom stereocenters. The molecule has 40 heavy (non-hydrogen) atoms. The fraction of sp³-hybridized carbons (Fsp3) is 0.290. The van der Waals surface area contributed by atoms with Gasteiger partial charge in [0, 0.05) is 23.9 Å². The monoisotopic (exact) mass is 533 g/mol. The van der Waals surface area contributed by atoms with Crippen LogP contribution in [0, 0.1) is 0 Å². The molecule has 4 heterocycles. The molecule has 0 spiro atoms. The quantitative estimate of drug-likeness (QED) is 0.216. The number of methoxy groups -OCH3 is 1. The Balaban J connectivity index is 1.30. The van der Waals surface area contributed by atoms with Crippen LogP contribution in [-0.4, -0.2) is 43.8 Å². The van der Waals surface area contributed by atoms with E-state index < -0.39 is 0 Å². The minimum Gasteiger partial charge on any atom is -0.499 e. The maximum Gasteiger partial charge on any atom is 0.231 e. The summed E-state index contributed by atoms with van der Waals surface area (Å²) < 4.78 is 13.6. The number of hydrogen-bond acceptors (Lipinski definition) is 8. The number of anilines is 3. The fourth-order valence-electron chi connectivity index (χ4n) is 5.46. The minimum atomic E-state index is -0.350. The van der Waals surface area contributed by atoms with Crippen molar-refractivity contribution in [2.45, 2.75) is 43.9 Å². The summed E-state index contributed by atoms with van der Waals surface area (Å²) in [5, 5.41) is 8.08. The van der Waals surface area contributed by atoms with Crippen LogP contribution in [0.2, 0.25) is 0 Å². The summed E-state index contributed by atoms with van der Waals surface area (Å²) in [5.74, 6) is 1.81. The molecule has 0 bridgehead atoms. The number of nitrogens with zero attached hydrogens (tertiary/aromatic N) is 5. The van der Waals surface area contributed by atoms with E-state index in [1.807, 2.05) is 53.5 Å². The molecule has 1 saturated carbocycles. The summed E-state index contributed by atoms with van der Waals surface area (Å²) in [6.07, 6.45) is 8.49. The van der Waals surface area contributed by atoms with Gasteiger partial charge in [-0.15, -0.1) is 0 Å². The Morgan fingerprint density at radius 1 is 1.07 bits per heavy atom. The maximum atomic E-state index is 6.08. The molecule has 2 aromatic carbocycles. The second-order valence-corrected chi connectivity index (χ2v) is 10.5. The lowest BCUT2D eigenvalue weighted by atomic mass is 10.0. The highest BCUT2D eigenvalue weighted by molar-refractivity contribution is 5.96. The molecule has 2 N–H and O–H groups in total. The predicted molar refractivity (Wildman–Crippen MR) is 156 cm³/mol. The number of aromatic nitrogens is 5. The smallest absolute Gasteiger partial charge is 0.231 e. The second-order valence-electron chi connectivity index (χ2n) is 10.5. The lowest BCUT2D eigenvalue weighted by Gasteiger charge is -2.24. The molecule has 2 aliphatic rings. The average molecular weight is 534 g/mol. The maximum absolute atomic E-state index is 6.08. The number of ether oxygens (including phenoxy) is 2. The van der Waals surface area contributed by atoms with Crippen molar-refractivity contribution >= 4 is 39.5 Å². The number of nitrogens with one attached hydrogen (secondary N) is 2. The van der Waals surface area contributed by atoms with Gasteiger partial charge in [-0.2, -0.15) is 9.97 Å². The summed E-state index contributed by atoms with van der Waals surface area (Å²) in [6.45, 7) is 4.85. The van der Waals surface area contributed by atoms with E-state index in [0.29, 0.717) is 23.0 Å². The zero-order valence-corrected chi connectivity index (χ0v) is 22.4. The Bertz CT molecular complexity index is 1710. The van der Waals surface area contributed by atoms with E-state index in [1.54, 1.807) is 7.11 Å². The van der Waals surface area contributed by atoms with Gasteiger partial charge >= 0.3 is 0 Å². The molecule has 1 unspecified atom stereocenters. The van der Waals surface area contributed by atoms with E-state index in [-0.39, 0.29) is 11.8 Å². The molecule has 1 aliphatic carbocycles. The standard InChI is InChI=1S/C31H31N7O2/c1-20(39-2)31(14-15-31)37-28-27-29(38(19-33-27)26-10-6-7-17-40-26)36-30(35-28)34-22-11-12-25-24(18-22)23(13-16-32-25)21-8-4-3-5-9-21/h3-5,8-9,11-13,16,18-19,26H,1,6-7,10,14-15,17H2,2H3,(H2,34,35,36,37). The number of benzene rings is 2. The molecular formula is C31H31N7O2. The zero-order valence-electron chi connectivity index (χ0n) is 22.4. The van der Waals surface area contributed by atoms with Gasteiger partial charge in [0.2, 0.25) is 5.95 Å². The van der Waals surface area contributed by atoms with Crippen LogP contribution in [0.3, 0.4) is 0 Å². The normalized spacial score (nSPS) is 18.0. The first-order chi connectivity index (χ1) is 19.6. The summed E-state index contributed by atoms with van der Waals surface area (Å²) in [4.78, 5) is 19.1. The summed E-state index contributed by atoms with van der Waals surface area (Å²) in [7, 11) is 1.65. The molecule has 5 aromatic rings. The van der Waals surface area contributed by atoms with Gasteiger partial charge in [-0.3, -0.25) is 9.55 Å². The number of rotatable bonds is 8. The van der Waals surface area contributed by atoms with E-state index in [9.17, 15) is 0 Å². The second kappa shape index (κ2) is 9.91. The van der Waals surface area contributed by atoms with Gasteiger partial charge in [0.05, 0.1) is 24.5 Å². The molecule has 0 radical (unpaired) electrons. The van der Waals surface area contributed by atoms with Crippen LogP contribution in [0.1, 0.15) is 38.3 Å². The van der Waals surface area contributed by atoms with E-state index in [4.69, 9.17) is 24.4 Å². The van der Waals surface area contributed by atoms with Crippen LogP contribution < -0.4 is 10.6 Å². The Kier molecular flexibility index (Phi) is 6.08. The first kappa shape index (κ1) is 24.5. The molecule has 1 saturated heterocycles. The zero-order chi connectivity index (χ0) is 27.1. The number of imidazole rings is 1. The Labute approximate surface area is 232 Å². The highest BCUT2D eigenvalue weighted by atomic mass is 16.5. The SMILES string of the molecule is C=C(OC)C1(Nc2nc(Nc3ccc4nccc(-c5ccccc5)c4c3)nc3c2ncn3C2CCCCO2)CC1. The third-order valence-electron chi connectivity index (χ3n) is 7.86. The Morgan fingerprint density at radius 3 is 2.73 bits per heavy atom. The van der Waals surface area contributed by atoms with Crippen LogP contribution in [0.5, 0.6) is 0 Å². The Morgan fingerprint density at radius 2 is 1.95 bits per heavy atom. The molecule has 9 nitrogen and oxygen atoms in total. The number of fused-ring (bicyclic) bond motifs is 2. The summed E-state index contributed by atoms with van der Waals surface area (Å²) in [5.41, 5.74) is 5.12. The minimum absolute atomic E-state index is 0.0988. The third-order valence-corrected chi connectivity index (χ3v) is 7.86. The molecule has 3 aromatic heterocycles. The van der Waals surface area contributed by atoms with Crippen molar-refractivity contribution in [2.75, 3.05) is 24.4 Å². The van der Waals surface area contributed by atoms with Gasteiger partial charge in [0.1, 0.15) is 12.0 Å². The van der Waals surface area contributed by atoms with E-state index in [1.165, 1.54) is 0 Å². The van der Waals surface area contributed by atoms with Gasteiger partial charge in [-0.05, 0) is 67.5 Å². The summed E-state index contributed by atoms with van der Waals surface area (Å²) >= 11 is 0. The van der Waals surface area contributed by atoms with Crippen molar-refractivity contribution in [3.05, 3.63) is 79.5 Å². The van der Waals surface area contributed by atoms with Gasteiger partial charge in [0.25, 0.3) is 0 Å². The molecule has 202 valence electrons. The molecular weight excluding hydrogens is 502 g/mol. The number of hydrogen-bond donors (Lipinski definition) is 2. The molecule has 1 aliphatic heterocycles. The van der Waals surface area contributed by atoms with Gasteiger partial charge in [-0.1, -0.05) is 36.9 Å². The van der Waals surface area contributed by atoms with Crippen molar-refractivity contribution in [2.24, 2.45) is 0 Å². The van der Waals surface area contributed by atoms with Gasteiger partial charge in [0.15, 0.2) is 17.0 Å². The highest BCUT2D eigenvalue weighted by Crippen LogP contribution is 2.45. The molecule has 2 fully saturated rings. The summed E-state index contributed by atoms with van der Waals surface area (Å²) in [6, 6.07) is 18.5. The van der Waals surface area contributed by atoms with Crippen LogP contribution >= 0.6 is 0 Å². The van der Waals surface area contributed by atoms with Crippen molar-refractivity contribution in [3.8, 4) is 11.1 Å². The van der Waals surface area contributed by atoms with Crippen LogP contribution in [0.25, 0.3) is 33.2 Å². The number of pyridine rings is 1. The van der Waals surface area contributed by atoms with Crippen LogP contribution in [0.4, 0.5) is 17.5 Å².